The molecule has 2 aromatic carbocycles. The van der Waals surface area contributed by atoms with Gasteiger partial charge in [-0.2, -0.15) is 0 Å². The third kappa shape index (κ3) is 4.70. The van der Waals surface area contributed by atoms with Gasteiger partial charge < -0.3 is 4.57 Å². The zero-order valence-electron chi connectivity index (χ0n) is 29.8. The van der Waals surface area contributed by atoms with E-state index < -0.39 is 0 Å². The standard InChI is InChI=1S/C49H45NS2/c1-3-14-32(15-4-1)33-26-28-46-40(30-33)49(38-20-8-11-24-44(38)51-46)39-21-9-12-25-45(39)52-47-29-27-34(31-41(47)49)36-19-13-23-43-48(36)37-18-7-10-22-42(37)50(43)35-16-5-2-6-17-35/h1,3,5,8-13,16-17,20-25,27,29-32,36,38,44H,2,4,6-7,14-15,18-19,26,28H2. The SMILES string of the molecule is C1=CC2SC3=C(C=C(C4CC=CCC4)CC3)C3(c4ccccc4Sc4ccc(C5CC=Cc6c5c5c(n6C6=CCCC=C6)C=CCC5)cc43)C2C=C1. The van der Waals surface area contributed by atoms with Gasteiger partial charge in [0.05, 0.1) is 5.41 Å². The third-order valence-corrected chi connectivity index (χ3v) is 15.8. The van der Waals surface area contributed by atoms with E-state index in [0.29, 0.717) is 23.0 Å². The van der Waals surface area contributed by atoms with Crippen molar-refractivity contribution in [3.05, 3.63) is 171 Å². The lowest BCUT2D eigenvalue weighted by Crippen LogP contribution is -2.47. The first-order chi connectivity index (χ1) is 25.8. The van der Waals surface area contributed by atoms with E-state index in [4.69, 9.17) is 0 Å². The molecule has 5 atom stereocenters. The molecule has 1 spiro atoms. The predicted octanol–water partition coefficient (Wildman–Crippen LogP) is 13.1. The molecule has 1 aromatic heterocycles. The fourth-order valence-electron chi connectivity index (χ4n) is 10.9. The van der Waals surface area contributed by atoms with Gasteiger partial charge >= 0.3 is 0 Å². The molecule has 3 aromatic rings. The number of aromatic nitrogens is 1. The molecule has 11 rings (SSSR count). The van der Waals surface area contributed by atoms with Gasteiger partial charge in [-0.05, 0) is 139 Å². The molecule has 0 bridgehead atoms. The van der Waals surface area contributed by atoms with E-state index in [9.17, 15) is 0 Å². The van der Waals surface area contributed by atoms with Crippen LogP contribution in [0.5, 0.6) is 0 Å². The van der Waals surface area contributed by atoms with Crippen LogP contribution < -0.4 is 0 Å². The molecule has 3 heterocycles. The maximum Gasteiger partial charge on any atom is 0.0557 e. The Kier molecular flexibility index (Phi) is 7.65. The van der Waals surface area contributed by atoms with E-state index >= 15 is 0 Å². The van der Waals surface area contributed by atoms with Gasteiger partial charge in [-0.3, -0.25) is 0 Å². The summed E-state index contributed by atoms with van der Waals surface area (Å²) in [6, 6.07) is 17.2. The Morgan fingerprint density at radius 1 is 0.731 bits per heavy atom. The van der Waals surface area contributed by atoms with Crippen molar-refractivity contribution in [3.8, 4) is 0 Å². The van der Waals surface area contributed by atoms with Gasteiger partial charge in [-0.1, -0.05) is 115 Å². The molecular formula is C49H45NS2. The molecule has 52 heavy (non-hydrogen) atoms. The average molecular weight is 712 g/mol. The molecule has 2 aliphatic heterocycles. The zero-order valence-corrected chi connectivity index (χ0v) is 31.4. The molecule has 1 nitrogen and oxygen atoms in total. The summed E-state index contributed by atoms with van der Waals surface area (Å²) in [6.45, 7) is 0. The lowest BCUT2D eigenvalue weighted by Gasteiger charge is -2.53. The third-order valence-electron chi connectivity index (χ3n) is 13.2. The normalized spacial score (nSPS) is 29.2. The first-order valence-electron chi connectivity index (χ1n) is 19.8. The topological polar surface area (TPSA) is 4.93 Å². The van der Waals surface area contributed by atoms with Crippen LogP contribution in [0.4, 0.5) is 0 Å². The van der Waals surface area contributed by atoms with Crippen LogP contribution >= 0.6 is 23.5 Å². The fourth-order valence-corrected chi connectivity index (χ4v) is 13.6. The average Bonchev–Trinajstić information content (AvgIpc) is 3.56. The molecular weight excluding hydrogens is 667 g/mol. The van der Waals surface area contributed by atoms with Crippen molar-refractivity contribution in [2.75, 3.05) is 0 Å². The van der Waals surface area contributed by atoms with Crippen LogP contribution in [0.15, 0.2) is 141 Å². The lowest BCUT2D eigenvalue weighted by atomic mass is 9.57. The number of nitrogens with zero attached hydrogens (tertiary/aromatic N) is 1. The molecule has 258 valence electrons. The number of benzene rings is 2. The first kappa shape index (κ1) is 31.6. The van der Waals surface area contributed by atoms with Gasteiger partial charge in [-0.25, -0.2) is 0 Å². The molecule has 8 aliphatic rings. The predicted molar refractivity (Wildman–Crippen MR) is 222 cm³/mol. The molecule has 5 unspecified atom stereocenters. The number of fused-ring (bicyclic) bond motifs is 10. The van der Waals surface area contributed by atoms with Crippen LogP contribution in [0, 0.1) is 11.8 Å². The van der Waals surface area contributed by atoms with Crippen molar-refractivity contribution < 1.29 is 0 Å². The van der Waals surface area contributed by atoms with Crippen LogP contribution in [-0.4, -0.2) is 9.82 Å². The number of thioether (sulfide) groups is 1. The molecule has 0 fully saturated rings. The summed E-state index contributed by atoms with van der Waals surface area (Å²) in [5.41, 5.74) is 14.9. The molecule has 0 saturated heterocycles. The summed E-state index contributed by atoms with van der Waals surface area (Å²) in [4.78, 5) is 4.50. The van der Waals surface area contributed by atoms with E-state index in [1.54, 1.807) is 32.7 Å². The van der Waals surface area contributed by atoms with Crippen molar-refractivity contribution in [2.24, 2.45) is 11.8 Å². The summed E-state index contributed by atoms with van der Waals surface area (Å²) in [7, 11) is 0. The smallest absolute Gasteiger partial charge is 0.0557 e. The summed E-state index contributed by atoms with van der Waals surface area (Å²) in [6.07, 6.45) is 45.8. The number of hydrogen-bond acceptors (Lipinski definition) is 2. The van der Waals surface area contributed by atoms with Gasteiger partial charge in [0, 0.05) is 44.0 Å². The first-order valence-corrected chi connectivity index (χ1v) is 21.5. The van der Waals surface area contributed by atoms with Crippen LogP contribution in [0.3, 0.4) is 0 Å². The van der Waals surface area contributed by atoms with Crippen molar-refractivity contribution in [1.82, 2.24) is 4.57 Å². The lowest BCUT2D eigenvalue weighted by molar-refractivity contribution is 0.424. The van der Waals surface area contributed by atoms with E-state index in [-0.39, 0.29) is 5.41 Å². The Labute approximate surface area is 317 Å². The second-order valence-corrected chi connectivity index (χ2v) is 18.2. The second kappa shape index (κ2) is 12.6. The minimum Gasteiger partial charge on any atom is -0.310 e. The maximum absolute atomic E-state index is 2.75. The van der Waals surface area contributed by atoms with Crippen molar-refractivity contribution in [1.29, 1.82) is 0 Å². The zero-order chi connectivity index (χ0) is 34.2. The summed E-state index contributed by atoms with van der Waals surface area (Å²) in [5.74, 6) is 1.37. The highest BCUT2D eigenvalue weighted by Crippen LogP contribution is 2.65. The number of hydrogen-bond donors (Lipinski definition) is 0. The van der Waals surface area contributed by atoms with Crippen LogP contribution in [0.25, 0.3) is 17.8 Å². The van der Waals surface area contributed by atoms with E-state index in [2.05, 4.69) is 144 Å². The van der Waals surface area contributed by atoms with Gasteiger partial charge in [0.25, 0.3) is 0 Å². The summed E-state index contributed by atoms with van der Waals surface area (Å²) >= 11 is 4.17. The van der Waals surface area contributed by atoms with Crippen molar-refractivity contribution in [2.45, 2.75) is 90.6 Å². The summed E-state index contributed by atoms with van der Waals surface area (Å²) < 4.78 is 2.58. The molecule has 0 amide bonds. The molecule has 0 radical (unpaired) electrons. The van der Waals surface area contributed by atoms with Gasteiger partial charge in [0.15, 0.2) is 0 Å². The van der Waals surface area contributed by atoms with Crippen LogP contribution in [0.1, 0.15) is 103 Å². The van der Waals surface area contributed by atoms with E-state index in [1.807, 2.05) is 11.8 Å². The largest absolute Gasteiger partial charge is 0.310 e. The Hall–Kier alpha value is -3.92. The molecule has 0 saturated carbocycles. The van der Waals surface area contributed by atoms with E-state index in [1.165, 1.54) is 70.1 Å². The van der Waals surface area contributed by atoms with Crippen molar-refractivity contribution in [3.63, 3.8) is 0 Å². The Balaban J connectivity index is 1.13. The Bertz CT molecular complexity index is 2290. The quantitative estimate of drug-likeness (QED) is 0.249. The maximum atomic E-state index is 2.75. The van der Waals surface area contributed by atoms with Crippen LogP contribution in [0.2, 0.25) is 0 Å². The highest BCUT2D eigenvalue weighted by atomic mass is 32.2. The van der Waals surface area contributed by atoms with Gasteiger partial charge in [0.2, 0.25) is 0 Å². The monoisotopic (exact) mass is 711 g/mol. The highest BCUT2D eigenvalue weighted by Gasteiger charge is 2.55. The van der Waals surface area contributed by atoms with Crippen molar-refractivity contribution >= 4 is 41.4 Å². The van der Waals surface area contributed by atoms with Crippen LogP contribution in [-0.2, 0) is 11.8 Å². The molecule has 3 heteroatoms. The second-order valence-electron chi connectivity index (χ2n) is 15.8. The number of rotatable bonds is 3. The molecule has 6 aliphatic carbocycles. The molecule has 0 N–H and O–H groups in total. The Morgan fingerprint density at radius 3 is 2.56 bits per heavy atom. The minimum absolute atomic E-state index is 0.227. The number of allylic oxidation sites excluding steroid dienone is 15. The highest BCUT2D eigenvalue weighted by molar-refractivity contribution is 8.04. The summed E-state index contributed by atoms with van der Waals surface area (Å²) in [5, 5.41) is 0.429. The Morgan fingerprint density at radius 2 is 1.63 bits per heavy atom. The van der Waals surface area contributed by atoms with Gasteiger partial charge in [0.1, 0.15) is 0 Å². The van der Waals surface area contributed by atoms with E-state index in [0.717, 1.165) is 32.1 Å². The fraction of sp³-hybridized carbons (Fsp3) is 0.306. The minimum atomic E-state index is -0.227. The van der Waals surface area contributed by atoms with Gasteiger partial charge in [-0.15, -0.1) is 11.8 Å².